The van der Waals surface area contributed by atoms with Gasteiger partial charge in [0.15, 0.2) is 0 Å². The quantitative estimate of drug-likeness (QED) is 0.354. The molecule has 5 rings (SSSR count). The zero-order valence-electron chi connectivity index (χ0n) is 20.3. The number of pyridine rings is 1. The molecule has 9 heteroatoms. The highest BCUT2D eigenvalue weighted by Crippen LogP contribution is 2.28. The zero-order chi connectivity index (χ0) is 24.9. The Hall–Kier alpha value is -4.01. The summed E-state index contributed by atoms with van der Waals surface area (Å²) < 4.78 is 13.0. The monoisotopic (exact) mass is 487 g/mol. The molecule has 0 unspecified atom stereocenters. The standard InChI is InChI=1S/C27H29N5O4/c1-2-35-27-28-15-20(16-29-27)25(14-26(33)34)32-24-10-9-22(13-19(24)17-30-32)36-12-11-21-8-7-18-5-3-4-6-23(18)31-21/h7-10,13,15-17,25H,2-6,11-12,14H2,1H3,(H,33,34)/t25-/m1/s1. The van der Waals surface area contributed by atoms with Gasteiger partial charge in [0.05, 0.1) is 37.4 Å². The number of aryl methyl sites for hydroxylation is 2. The van der Waals surface area contributed by atoms with Crippen molar-refractivity contribution in [1.82, 2.24) is 24.7 Å². The van der Waals surface area contributed by atoms with E-state index in [1.165, 1.54) is 24.1 Å². The number of hydrogen-bond acceptors (Lipinski definition) is 7. The van der Waals surface area contributed by atoms with Gasteiger partial charge in [-0.3, -0.25) is 14.5 Å². The highest BCUT2D eigenvalue weighted by Gasteiger charge is 2.22. The topological polar surface area (TPSA) is 112 Å². The summed E-state index contributed by atoms with van der Waals surface area (Å²) in [6, 6.07) is 9.72. The summed E-state index contributed by atoms with van der Waals surface area (Å²) in [5.41, 5.74) is 5.12. The average Bonchev–Trinajstić information content (AvgIpc) is 3.31. The molecule has 1 aliphatic carbocycles. The van der Waals surface area contributed by atoms with Crippen LogP contribution in [0.3, 0.4) is 0 Å². The molecule has 1 N–H and O–H groups in total. The van der Waals surface area contributed by atoms with E-state index in [1.807, 2.05) is 25.1 Å². The van der Waals surface area contributed by atoms with Crippen LogP contribution in [-0.2, 0) is 24.1 Å². The molecule has 0 bridgehead atoms. The van der Waals surface area contributed by atoms with Crippen LogP contribution in [0.4, 0.5) is 0 Å². The summed E-state index contributed by atoms with van der Waals surface area (Å²) in [6.45, 7) is 2.83. The number of hydrogen-bond donors (Lipinski definition) is 1. The molecule has 3 aromatic heterocycles. The summed E-state index contributed by atoms with van der Waals surface area (Å²) in [5.74, 6) is -0.201. The number of ether oxygens (including phenoxy) is 2. The fourth-order valence-corrected chi connectivity index (χ4v) is 4.62. The second-order valence-electron chi connectivity index (χ2n) is 8.87. The first kappa shape index (κ1) is 23.7. The van der Waals surface area contributed by atoms with Gasteiger partial charge in [0, 0.05) is 41.2 Å². The van der Waals surface area contributed by atoms with Gasteiger partial charge in [-0.1, -0.05) is 6.07 Å². The van der Waals surface area contributed by atoms with Crippen LogP contribution in [0, 0.1) is 0 Å². The number of carbonyl (C=O) groups is 1. The molecule has 1 aliphatic rings. The molecular weight excluding hydrogens is 458 g/mol. The SMILES string of the molecule is CCOc1ncc([C@@H](CC(=O)O)n2ncc3cc(OCCc4ccc5c(n4)CCCC5)ccc32)cn1. The second kappa shape index (κ2) is 10.7. The molecule has 1 atom stereocenters. The Morgan fingerprint density at radius 1 is 1.08 bits per heavy atom. The molecule has 0 saturated carbocycles. The fourth-order valence-electron chi connectivity index (χ4n) is 4.62. The fraction of sp³-hybridized carbons (Fsp3) is 0.370. The molecule has 0 aliphatic heterocycles. The predicted octanol–water partition coefficient (Wildman–Crippen LogP) is 4.18. The number of carboxylic acid groups (broad SMARTS) is 1. The third kappa shape index (κ3) is 5.30. The van der Waals surface area contributed by atoms with Crippen LogP contribution in [0.2, 0.25) is 0 Å². The Kier molecular flexibility index (Phi) is 7.06. The lowest BCUT2D eigenvalue weighted by Crippen LogP contribution is -2.17. The van der Waals surface area contributed by atoms with E-state index >= 15 is 0 Å². The maximum atomic E-state index is 11.6. The number of nitrogens with zero attached hydrogens (tertiary/aromatic N) is 5. The second-order valence-corrected chi connectivity index (χ2v) is 8.87. The van der Waals surface area contributed by atoms with Crippen LogP contribution in [0.5, 0.6) is 11.8 Å². The molecule has 0 fully saturated rings. The largest absolute Gasteiger partial charge is 0.493 e. The van der Waals surface area contributed by atoms with Gasteiger partial charge in [-0.25, -0.2) is 9.97 Å². The van der Waals surface area contributed by atoms with Crippen LogP contribution in [-0.4, -0.2) is 49.0 Å². The Balaban J connectivity index is 1.30. The van der Waals surface area contributed by atoms with Crippen LogP contribution >= 0.6 is 0 Å². The molecule has 0 amide bonds. The number of rotatable bonds is 10. The first-order valence-electron chi connectivity index (χ1n) is 12.3. The number of fused-ring (bicyclic) bond motifs is 2. The lowest BCUT2D eigenvalue weighted by molar-refractivity contribution is -0.137. The summed E-state index contributed by atoms with van der Waals surface area (Å²) in [6.07, 6.45) is 10.1. The molecule has 0 saturated heterocycles. The Morgan fingerprint density at radius 3 is 2.72 bits per heavy atom. The molecule has 4 aromatic rings. The van der Waals surface area contributed by atoms with Crippen LogP contribution < -0.4 is 9.47 Å². The van der Waals surface area contributed by atoms with Gasteiger partial charge in [0.25, 0.3) is 0 Å². The van der Waals surface area contributed by atoms with Crippen molar-refractivity contribution in [3.05, 3.63) is 71.4 Å². The summed E-state index contributed by atoms with van der Waals surface area (Å²) >= 11 is 0. The minimum Gasteiger partial charge on any atom is -0.493 e. The number of carboxylic acids is 1. The summed E-state index contributed by atoms with van der Waals surface area (Å²) in [5, 5.41) is 14.9. The number of aromatic nitrogens is 5. The maximum Gasteiger partial charge on any atom is 0.316 e. The number of aliphatic carboxylic acids is 1. The maximum absolute atomic E-state index is 11.6. The van der Waals surface area contributed by atoms with E-state index in [-0.39, 0.29) is 12.4 Å². The van der Waals surface area contributed by atoms with E-state index in [2.05, 4.69) is 27.2 Å². The van der Waals surface area contributed by atoms with Crippen molar-refractivity contribution in [3.8, 4) is 11.8 Å². The minimum atomic E-state index is -0.937. The zero-order valence-corrected chi connectivity index (χ0v) is 20.3. The van der Waals surface area contributed by atoms with E-state index < -0.39 is 12.0 Å². The van der Waals surface area contributed by atoms with Crippen molar-refractivity contribution in [2.45, 2.75) is 51.5 Å². The van der Waals surface area contributed by atoms with Crippen molar-refractivity contribution in [2.75, 3.05) is 13.2 Å². The predicted molar refractivity (Wildman–Crippen MR) is 133 cm³/mol. The Bertz CT molecular complexity index is 1350. The van der Waals surface area contributed by atoms with E-state index in [0.29, 0.717) is 18.8 Å². The molecule has 1 aromatic carbocycles. The Labute approximate surface area is 209 Å². The molecule has 0 radical (unpaired) electrons. The van der Waals surface area contributed by atoms with Gasteiger partial charge in [0.1, 0.15) is 5.75 Å². The third-order valence-electron chi connectivity index (χ3n) is 6.40. The van der Waals surface area contributed by atoms with Crippen LogP contribution in [0.15, 0.2) is 48.9 Å². The lowest BCUT2D eigenvalue weighted by Gasteiger charge is -2.17. The molecule has 3 heterocycles. The van der Waals surface area contributed by atoms with Crippen molar-refractivity contribution < 1.29 is 19.4 Å². The Morgan fingerprint density at radius 2 is 1.92 bits per heavy atom. The van der Waals surface area contributed by atoms with Gasteiger partial charge in [0.2, 0.25) is 0 Å². The van der Waals surface area contributed by atoms with Crippen molar-refractivity contribution in [2.24, 2.45) is 0 Å². The van der Waals surface area contributed by atoms with E-state index in [0.717, 1.165) is 41.6 Å². The molecular formula is C27H29N5O4. The lowest BCUT2D eigenvalue weighted by atomic mass is 9.96. The first-order valence-corrected chi connectivity index (χ1v) is 12.3. The number of benzene rings is 1. The van der Waals surface area contributed by atoms with Crippen molar-refractivity contribution >= 4 is 16.9 Å². The van der Waals surface area contributed by atoms with E-state index in [4.69, 9.17) is 14.5 Å². The molecule has 186 valence electrons. The van der Waals surface area contributed by atoms with Crippen molar-refractivity contribution in [3.63, 3.8) is 0 Å². The highest BCUT2D eigenvalue weighted by atomic mass is 16.5. The smallest absolute Gasteiger partial charge is 0.316 e. The molecule has 36 heavy (non-hydrogen) atoms. The van der Waals surface area contributed by atoms with Crippen LogP contribution in [0.25, 0.3) is 10.9 Å². The summed E-state index contributed by atoms with van der Waals surface area (Å²) in [4.78, 5) is 24.8. The molecule has 0 spiro atoms. The van der Waals surface area contributed by atoms with Gasteiger partial charge in [-0.05, 0) is 62.4 Å². The van der Waals surface area contributed by atoms with Crippen LogP contribution in [0.1, 0.15) is 54.7 Å². The summed E-state index contributed by atoms with van der Waals surface area (Å²) in [7, 11) is 0. The average molecular weight is 488 g/mol. The van der Waals surface area contributed by atoms with Gasteiger partial charge < -0.3 is 14.6 Å². The third-order valence-corrected chi connectivity index (χ3v) is 6.40. The van der Waals surface area contributed by atoms with Crippen molar-refractivity contribution in [1.29, 1.82) is 0 Å². The first-order chi connectivity index (χ1) is 17.6. The molecule has 9 nitrogen and oxygen atoms in total. The van der Waals surface area contributed by atoms with Gasteiger partial charge in [-0.15, -0.1) is 0 Å². The minimum absolute atomic E-state index is 0.153. The van der Waals surface area contributed by atoms with Gasteiger partial charge >= 0.3 is 12.0 Å². The van der Waals surface area contributed by atoms with E-state index in [1.54, 1.807) is 23.3 Å². The van der Waals surface area contributed by atoms with E-state index in [9.17, 15) is 9.90 Å². The normalized spacial score (nSPS) is 13.8. The van der Waals surface area contributed by atoms with Gasteiger partial charge in [-0.2, -0.15) is 5.10 Å². The highest BCUT2D eigenvalue weighted by molar-refractivity contribution is 5.81.